The summed E-state index contributed by atoms with van der Waals surface area (Å²) in [5, 5.41) is 0. The fourth-order valence-corrected chi connectivity index (χ4v) is 1.47. The molecule has 1 heterocycles. The highest BCUT2D eigenvalue weighted by Crippen LogP contribution is 2.15. The van der Waals surface area contributed by atoms with Gasteiger partial charge in [-0.25, -0.2) is 4.39 Å². The minimum atomic E-state index is -0.183. The molecule has 2 nitrogen and oxygen atoms in total. The maximum absolute atomic E-state index is 12.6. The summed E-state index contributed by atoms with van der Waals surface area (Å²) in [4.78, 5) is 2.20. The monoisotopic (exact) mass is 181 g/mol. The van der Waals surface area contributed by atoms with E-state index in [0.717, 1.165) is 32.0 Å². The van der Waals surface area contributed by atoms with Crippen molar-refractivity contribution in [3.05, 3.63) is 30.1 Å². The topological polar surface area (TPSA) is 12.5 Å². The van der Waals surface area contributed by atoms with Gasteiger partial charge in [-0.3, -0.25) is 0 Å². The second kappa shape index (κ2) is 3.75. The number of hydrogen-bond donors (Lipinski definition) is 0. The zero-order chi connectivity index (χ0) is 9.10. The minimum absolute atomic E-state index is 0.183. The van der Waals surface area contributed by atoms with Crippen LogP contribution >= 0.6 is 0 Å². The molecular formula is C10H12FNO. The molecule has 1 aromatic rings. The number of halogens is 1. The first-order chi connectivity index (χ1) is 6.36. The summed E-state index contributed by atoms with van der Waals surface area (Å²) < 4.78 is 17.8. The zero-order valence-corrected chi connectivity index (χ0v) is 7.37. The van der Waals surface area contributed by atoms with Gasteiger partial charge in [-0.2, -0.15) is 0 Å². The van der Waals surface area contributed by atoms with Crippen LogP contribution in [0.25, 0.3) is 0 Å². The van der Waals surface area contributed by atoms with E-state index in [1.54, 1.807) is 12.1 Å². The third-order valence-corrected chi connectivity index (χ3v) is 2.20. The molecule has 13 heavy (non-hydrogen) atoms. The van der Waals surface area contributed by atoms with Crippen molar-refractivity contribution in [2.24, 2.45) is 0 Å². The van der Waals surface area contributed by atoms with Crippen molar-refractivity contribution < 1.29 is 9.13 Å². The number of hydrogen-bond acceptors (Lipinski definition) is 2. The van der Waals surface area contributed by atoms with Gasteiger partial charge in [-0.15, -0.1) is 0 Å². The quantitative estimate of drug-likeness (QED) is 0.653. The molecule has 3 heteroatoms. The normalized spacial score (nSPS) is 17.5. The van der Waals surface area contributed by atoms with E-state index in [1.165, 1.54) is 12.1 Å². The smallest absolute Gasteiger partial charge is 0.123 e. The summed E-state index contributed by atoms with van der Waals surface area (Å²) in [5.74, 6) is -0.183. The predicted octanol–water partition coefficient (Wildman–Crippen LogP) is 1.66. The zero-order valence-electron chi connectivity index (χ0n) is 7.37. The van der Waals surface area contributed by atoms with Crippen molar-refractivity contribution in [1.82, 2.24) is 0 Å². The van der Waals surface area contributed by atoms with Gasteiger partial charge in [0, 0.05) is 18.8 Å². The molecule has 0 bridgehead atoms. The fourth-order valence-electron chi connectivity index (χ4n) is 1.47. The lowest BCUT2D eigenvalue weighted by Gasteiger charge is -2.28. The lowest BCUT2D eigenvalue weighted by atomic mass is 10.2. The van der Waals surface area contributed by atoms with Crippen LogP contribution in [0.2, 0.25) is 0 Å². The van der Waals surface area contributed by atoms with Gasteiger partial charge in [-0.05, 0) is 24.3 Å². The highest BCUT2D eigenvalue weighted by molar-refractivity contribution is 5.46. The van der Waals surface area contributed by atoms with Crippen LogP contribution in [0.4, 0.5) is 10.1 Å². The molecule has 0 N–H and O–H groups in total. The Bertz CT molecular complexity index is 267. The Hall–Kier alpha value is -1.09. The van der Waals surface area contributed by atoms with Crippen LogP contribution in [-0.2, 0) is 4.74 Å². The number of rotatable bonds is 1. The van der Waals surface area contributed by atoms with Crippen LogP contribution in [0.1, 0.15) is 0 Å². The Balaban J connectivity index is 2.10. The number of ether oxygens (including phenoxy) is 1. The van der Waals surface area contributed by atoms with Crippen LogP contribution in [0.15, 0.2) is 24.3 Å². The number of benzene rings is 1. The molecule has 1 saturated heterocycles. The summed E-state index contributed by atoms with van der Waals surface area (Å²) in [5.41, 5.74) is 1.07. The van der Waals surface area contributed by atoms with Crippen molar-refractivity contribution in [3.8, 4) is 0 Å². The molecule has 1 aromatic carbocycles. The lowest BCUT2D eigenvalue weighted by molar-refractivity contribution is 0.122. The van der Waals surface area contributed by atoms with Crippen molar-refractivity contribution in [3.63, 3.8) is 0 Å². The molecule has 0 amide bonds. The Morgan fingerprint density at radius 1 is 1.08 bits per heavy atom. The fraction of sp³-hybridized carbons (Fsp3) is 0.400. The van der Waals surface area contributed by atoms with Crippen LogP contribution in [-0.4, -0.2) is 26.3 Å². The average molecular weight is 181 g/mol. The van der Waals surface area contributed by atoms with Gasteiger partial charge in [-0.1, -0.05) is 0 Å². The van der Waals surface area contributed by atoms with E-state index in [9.17, 15) is 4.39 Å². The van der Waals surface area contributed by atoms with E-state index < -0.39 is 0 Å². The largest absolute Gasteiger partial charge is 0.378 e. The van der Waals surface area contributed by atoms with Crippen molar-refractivity contribution in [2.45, 2.75) is 0 Å². The molecule has 0 saturated carbocycles. The van der Waals surface area contributed by atoms with Gasteiger partial charge < -0.3 is 9.64 Å². The van der Waals surface area contributed by atoms with Crippen LogP contribution in [0.5, 0.6) is 0 Å². The molecule has 0 spiro atoms. The summed E-state index contributed by atoms with van der Waals surface area (Å²) in [7, 11) is 0. The molecule has 1 fully saturated rings. The molecule has 1 aliphatic heterocycles. The molecule has 0 aromatic heterocycles. The Morgan fingerprint density at radius 2 is 1.69 bits per heavy atom. The van der Waals surface area contributed by atoms with E-state index in [1.807, 2.05) is 0 Å². The predicted molar refractivity (Wildman–Crippen MR) is 49.4 cm³/mol. The van der Waals surface area contributed by atoms with Crippen molar-refractivity contribution in [2.75, 3.05) is 31.2 Å². The van der Waals surface area contributed by atoms with Crippen molar-refractivity contribution in [1.29, 1.82) is 0 Å². The highest BCUT2D eigenvalue weighted by atomic mass is 19.1. The molecule has 0 radical (unpaired) electrons. The number of nitrogens with zero attached hydrogens (tertiary/aromatic N) is 1. The Kier molecular flexibility index (Phi) is 2.45. The van der Waals surface area contributed by atoms with E-state index in [0.29, 0.717) is 0 Å². The molecular weight excluding hydrogens is 169 g/mol. The van der Waals surface area contributed by atoms with Crippen LogP contribution in [0, 0.1) is 5.82 Å². The summed E-state index contributed by atoms with van der Waals surface area (Å²) in [6, 6.07) is 6.59. The highest BCUT2D eigenvalue weighted by Gasteiger charge is 2.10. The summed E-state index contributed by atoms with van der Waals surface area (Å²) in [6.45, 7) is 3.31. The summed E-state index contributed by atoms with van der Waals surface area (Å²) in [6.07, 6.45) is 0. The second-order valence-corrected chi connectivity index (χ2v) is 3.08. The van der Waals surface area contributed by atoms with Gasteiger partial charge in [0.05, 0.1) is 13.2 Å². The van der Waals surface area contributed by atoms with Crippen LogP contribution < -0.4 is 4.90 Å². The van der Waals surface area contributed by atoms with E-state index >= 15 is 0 Å². The molecule has 2 rings (SSSR count). The second-order valence-electron chi connectivity index (χ2n) is 3.08. The third-order valence-electron chi connectivity index (χ3n) is 2.20. The first-order valence-electron chi connectivity index (χ1n) is 4.44. The SMILES string of the molecule is Fc1ccc(N2CCOCC2)cc1. The maximum atomic E-state index is 12.6. The molecule has 1 aliphatic rings. The Morgan fingerprint density at radius 3 is 2.31 bits per heavy atom. The standard InChI is InChI=1S/C10H12FNO/c11-9-1-3-10(4-2-9)12-5-7-13-8-6-12/h1-4H,5-8H2. The summed E-state index contributed by atoms with van der Waals surface area (Å²) >= 11 is 0. The molecule has 70 valence electrons. The van der Waals surface area contributed by atoms with Gasteiger partial charge in [0.1, 0.15) is 5.82 Å². The maximum Gasteiger partial charge on any atom is 0.123 e. The van der Waals surface area contributed by atoms with E-state index in [-0.39, 0.29) is 5.82 Å². The Labute approximate surface area is 76.9 Å². The number of anilines is 1. The average Bonchev–Trinajstić information content (AvgIpc) is 2.20. The molecule has 0 aliphatic carbocycles. The third kappa shape index (κ3) is 1.98. The first kappa shape index (κ1) is 8.51. The molecule has 0 unspecified atom stereocenters. The van der Waals surface area contributed by atoms with Crippen molar-refractivity contribution >= 4 is 5.69 Å². The van der Waals surface area contributed by atoms with Gasteiger partial charge in [0.25, 0.3) is 0 Å². The minimum Gasteiger partial charge on any atom is -0.378 e. The van der Waals surface area contributed by atoms with Gasteiger partial charge >= 0.3 is 0 Å². The van der Waals surface area contributed by atoms with Crippen LogP contribution in [0.3, 0.4) is 0 Å². The van der Waals surface area contributed by atoms with Gasteiger partial charge in [0.2, 0.25) is 0 Å². The number of morpholine rings is 1. The first-order valence-corrected chi connectivity index (χ1v) is 4.44. The van der Waals surface area contributed by atoms with E-state index in [2.05, 4.69) is 4.90 Å². The lowest BCUT2D eigenvalue weighted by Crippen LogP contribution is -2.36. The van der Waals surface area contributed by atoms with Gasteiger partial charge in [0.15, 0.2) is 0 Å². The molecule has 0 atom stereocenters. The van der Waals surface area contributed by atoms with E-state index in [4.69, 9.17) is 4.74 Å².